The third-order valence-electron chi connectivity index (χ3n) is 9.02. The Labute approximate surface area is 255 Å². The second kappa shape index (κ2) is 32.8. The Hall–Kier alpha value is -0.720. The quantitative estimate of drug-likeness (QED) is 0.0622. The Morgan fingerprint density at radius 3 is 1.32 bits per heavy atom. The van der Waals surface area contributed by atoms with Crippen LogP contribution < -0.4 is 5.32 Å². The molecule has 0 amide bonds. The Balaban J connectivity index is 3.58. The van der Waals surface area contributed by atoms with Crippen molar-refractivity contribution in [3.05, 3.63) is 24.4 Å². The maximum Gasteiger partial charge on any atom is 0.0281 e. The van der Waals surface area contributed by atoms with Crippen LogP contribution in [-0.2, 0) is 0 Å². The first kappa shape index (κ1) is 39.3. The van der Waals surface area contributed by atoms with Crippen LogP contribution in [0.5, 0.6) is 0 Å². The van der Waals surface area contributed by atoms with Gasteiger partial charge in [-0.2, -0.15) is 0 Å². The molecule has 0 fully saturated rings. The molecule has 0 aliphatic rings. The van der Waals surface area contributed by atoms with Gasteiger partial charge in [-0.15, -0.1) is 0 Å². The maximum atomic E-state index is 4.38. The topological polar surface area (TPSA) is 12.0 Å². The van der Waals surface area contributed by atoms with E-state index in [0.717, 1.165) is 12.3 Å². The SMILES string of the molecule is C=C(CCCCCCC/C=C\CCCCCCCC)NC(CC)C(C)CCCCCCCCCCCCCCC. The molecular formula is C39H77N. The predicted molar refractivity (Wildman–Crippen MR) is 185 cm³/mol. The first-order valence-electron chi connectivity index (χ1n) is 18.7. The van der Waals surface area contributed by atoms with Gasteiger partial charge < -0.3 is 5.32 Å². The molecule has 0 saturated heterocycles. The Bertz CT molecular complexity index is 521. The third-order valence-corrected chi connectivity index (χ3v) is 9.02. The lowest BCUT2D eigenvalue weighted by Crippen LogP contribution is -2.33. The van der Waals surface area contributed by atoms with E-state index in [4.69, 9.17) is 0 Å². The van der Waals surface area contributed by atoms with E-state index in [1.807, 2.05) is 0 Å². The van der Waals surface area contributed by atoms with Crippen molar-refractivity contribution >= 4 is 0 Å². The molecule has 0 aromatic heterocycles. The third kappa shape index (κ3) is 28.8. The second-order valence-corrected chi connectivity index (χ2v) is 13.1. The molecule has 0 aliphatic carbocycles. The van der Waals surface area contributed by atoms with Gasteiger partial charge in [-0.25, -0.2) is 0 Å². The molecule has 1 heteroatoms. The summed E-state index contributed by atoms with van der Waals surface area (Å²) in [6, 6.07) is 0.605. The van der Waals surface area contributed by atoms with Crippen LogP contribution in [0.3, 0.4) is 0 Å². The maximum absolute atomic E-state index is 4.38. The minimum absolute atomic E-state index is 0.605. The molecule has 238 valence electrons. The van der Waals surface area contributed by atoms with Crippen molar-refractivity contribution in [2.24, 2.45) is 5.92 Å². The number of rotatable bonds is 33. The van der Waals surface area contributed by atoms with Crippen molar-refractivity contribution in [1.82, 2.24) is 5.32 Å². The van der Waals surface area contributed by atoms with Gasteiger partial charge in [-0.1, -0.05) is 181 Å². The normalized spacial score (nSPS) is 13.2. The average molecular weight is 560 g/mol. The van der Waals surface area contributed by atoms with E-state index in [1.54, 1.807) is 0 Å². The lowest BCUT2D eigenvalue weighted by atomic mass is 9.92. The van der Waals surface area contributed by atoms with Crippen molar-refractivity contribution in [3.8, 4) is 0 Å². The molecule has 0 saturated carbocycles. The summed E-state index contributed by atoms with van der Waals surface area (Å²) in [6.45, 7) is 13.8. The number of allylic oxidation sites excluding steroid dienone is 3. The van der Waals surface area contributed by atoms with E-state index in [2.05, 4.69) is 51.7 Å². The highest BCUT2D eigenvalue weighted by Gasteiger charge is 2.15. The molecule has 0 aliphatic heterocycles. The summed E-state index contributed by atoms with van der Waals surface area (Å²) < 4.78 is 0. The number of hydrogen-bond donors (Lipinski definition) is 1. The van der Waals surface area contributed by atoms with Crippen LogP contribution in [-0.4, -0.2) is 6.04 Å². The zero-order chi connectivity index (χ0) is 29.4. The first-order chi connectivity index (χ1) is 19.7. The second-order valence-electron chi connectivity index (χ2n) is 13.1. The fourth-order valence-electron chi connectivity index (χ4n) is 6.08. The standard InChI is InChI=1S/C39H77N/c1-6-9-11-13-15-17-19-21-22-24-26-28-30-32-34-36-38(5)40-39(8-3)37(4)35-33-31-29-27-25-23-20-18-16-14-12-10-7-2/h21-22,37,39-40H,5-20,23-36H2,1-4H3/b22-21-. The summed E-state index contributed by atoms with van der Waals surface area (Å²) in [5, 5.41) is 3.81. The molecule has 0 spiro atoms. The van der Waals surface area contributed by atoms with E-state index in [9.17, 15) is 0 Å². The molecule has 0 aromatic carbocycles. The van der Waals surface area contributed by atoms with E-state index in [0.29, 0.717) is 6.04 Å². The predicted octanol–water partition coefficient (Wildman–Crippen LogP) is 14.0. The number of nitrogens with one attached hydrogen (secondary N) is 1. The molecule has 1 nitrogen and oxygen atoms in total. The van der Waals surface area contributed by atoms with Crippen LogP contribution in [0.15, 0.2) is 24.4 Å². The van der Waals surface area contributed by atoms with Gasteiger partial charge >= 0.3 is 0 Å². The van der Waals surface area contributed by atoms with E-state index in [1.165, 1.54) is 185 Å². The van der Waals surface area contributed by atoms with E-state index >= 15 is 0 Å². The molecule has 0 bridgehead atoms. The van der Waals surface area contributed by atoms with Gasteiger partial charge in [-0.3, -0.25) is 0 Å². The number of hydrogen-bond acceptors (Lipinski definition) is 1. The van der Waals surface area contributed by atoms with Crippen molar-refractivity contribution in [2.75, 3.05) is 0 Å². The van der Waals surface area contributed by atoms with Gasteiger partial charge in [-0.05, 0) is 57.3 Å². The Kier molecular flexibility index (Phi) is 32.2. The lowest BCUT2D eigenvalue weighted by molar-refractivity contribution is 0.353. The lowest BCUT2D eigenvalue weighted by Gasteiger charge is -2.26. The summed E-state index contributed by atoms with van der Waals surface area (Å²) in [5.74, 6) is 0.753. The molecule has 2 atom stereocenters. The summed E-state index contributed by atoms with van der Waals surface area (Å²) in [5.41, 5.74) is 1.28. The zero-order valence-corrected chi connectivity index (χ0v) is 28.5. The van der Waals surface area contributed by atoms with Crippen LogP contribution in [0.1, 0.15) is 214 Å². The van der Waals surface area contributed by atoms with Crippen molar-refractivity contribution in [3.63, 3.8) is 0 Å². The van der Waals surface area contributed by atoms with E-state index < -0.39 is 0 Å². The van der Waals surface area contributed by atoms with Crippen LogP contribution >= 0.6 is 0 Å². The highest BCUT2D eigenvalue weighted by molar-refractivity contribution is 4.94. The van der Waals surface area contributed by atoms with Gasteiger partial charge in [0, 0.05) is 11.7 Å². The van der Waals surface area contributed by atoms with Crippen molar-refractivity contribution in [2.45, 2.75) is 220 Å². The molecule has 2 unspecified atom stereocenters. The summed E-state index contributed by atoms with van der Waals surface area (Å²) in [4.78, 5) is 0. The van der Waals surface area contributed by atoms with Gasteiger partial charge in [0.2, 0.25) is 0 Å². The molecule has 0 rings (SSSR count). The van der Waals surface area contributed by atoms with Gasteiger partial charge in [0.15, 0.2) is 0 Å². The molecule has 0 radical (unpaired) electrons. The summed E-state index contributed by atoms with van der Waals surface area (Å²) >= 11 is 0. The van der Waals surface area contributed by atoms with Crippen LogP contribution in [0, 0.1) is 5.92 Å². The fourth-order valence-corrected chi connectivity index (χ4v) is 6.08. The smallest absolute Gasteiger partial charge is 0.0281 e. The molecule has 40 heavy (non-hydrogen) atoms. The molecule has 1 N–H and O–H groups in total. The van der Waals surface area contributed by atoms with Crippen molar-refractivity contribution in [1.29, 1.82) is 0 Å². The molecular weight excluding hydrogens is 482 g/mol. The van der Waals surface area contributed by atoms with Crippen LogP contribution in [0.25, 0.3) is 0 Å². The fraction of sp³-hybridized carbons (Fsp3) is 0.897. The van der Waals surface area contributed by atoms with E-state index in [-0.39, 0.29) is 0 Å². The average Bonchev–Trinajstić information content (AvgIpc) is 2.96. The Morgan fingerprint density at radius 2 is 0.900 bits per heavy atom. The van der Waals surface area contributed by atoms with Gasteiger partial charge in [0.05, 0.1) is 0 Å². The monoisotopic (exact) mass is 560 g/mol. The van der Waals surface area contributed by atoms with Crippen LogP contribution in [0.4, 0.5) is 0 Å². The highest BCUT2D eigenvalue weighted by atomic mass is 14.9. The molecule has 0 heterocycles. The van der Waals surface area contributed by atoms with Gasteiger partial charge in [0.25, 0.3) is 0 Å². The summed E-state index contributed by atoms with van der Waals surface area (Å²) in [7, 11) is 0. The largest absolute Gasteiger partial charge is 0.386 e. The Morgan fingerprint density at radius 1 is 0.525 bits per heavy atom. The van der Waals surface area contributed by atoms with Gasteiger partial charge in [0.1, 0.15) is 0 Å². The zero-order valence-electron chi connectivity index (χ0n) is 28.5. The summed E-state index contributed by atoms with van der Waals surface area (Å²) in [6.07, 6.45) is 45.1. The minimum Gasteiger partial charge on any atom is -0.386 e. The first-order valence-corrected chi connectivity index (χ1v) is 18.7. The number of unbranched alkanes of at least 4 members (excludes halogenated alkanes) is 23. The van der Waals surface area contributed by atoms with Crippen molar-refractivity contribution < 1.29 is 0 Å². The van der Waals surface area contributed by atoms with Crippen LogP contribution in [0.2, 0.25) is 0 Å². The molecule has 0 aromatic rings. The highest BCUT2D eigenvalue weighted by Crippen LogP contribution is 2.20. The minimum atomic E-state index is 0.605.